The Labute approximate surface area is 131 Å². The third-order valence-electron chi connectivity index (χ3n) is 3.44. The van der Waals surface area contributed by atoms with Gasteiger partial charge in [0.2, 0.25) is 5.91 Å². The molecule has 5 heteroatoms. The molecule has 0 heterocycles. The monoisotopic (exact) mass is 307 g/mol. The van der Waals surface area contributed by atoms with Crippen LogP contribution in [0.1, 0.15) is 35.2 Å². The highest BCUT2D eigenvalue weighted by Crippen LogP contribution is 2.09. The molecule has 0 aliphatic carbocycles. The molecule has 1 aromatic rings. The number of aliphatic hydroxyl groups is 1. The zero-order valence-corrected chi connectivity index (χ0v) is 13.4. The van der Waals surface area contributed by atoms with Crippen molar-refractivity contribution in [3.05, 3.63) is 35.4 Å². The predicted molar refractivity (Wildman–Crippen MR) is 84.9 cm³/mol. The van der Waals surface area contributed by atoms with Crippen LogP contribution in [-0.4, -0.2) is 55.1 Å². The molecule has 1 aromatic carbocycles. The first-order chi connectivity index (χ1) is 10.6. The van der Waals surface area contributed by atoms with E-state index in [2.05, 4.69) is 0 Å². The summed E-state index contributed by atoms with van der Waals surface area (Å²) < 4.78 is 4.96. The molecule has 0 saturated carbocycles. The molecule has 0 spiro atoms. The van der Waals surface area contributed by atoms with Crippen LogP contribution in [-0.2, 0) is 9.53 Å². The third kappa shape index (κ3) is 6.37. The first kappa shape index (κ1) is 18.3. The number of Topliss-reactive ketones (excluding diaryl/α,β-unsaturated/α-hetero) is 1. The van der Waals surface area contributed by atoms with Crippen molar-refractivity contribution in [1.82, 2.24) is 4.90 Å². The number of carbonyl (C=O) groups excluding carboxylic acids is 2. The maximum atomic E-state index is 12.1. The Kier molecular flexibility index (Phi) is 8.40. The average molecular weight is 307 g/mol. The summed E-state index contributed by atoms with van der Waals surface area (Å²) >= 11 is 0. The Hall–Kier alpha value is -1.72. The molecule has 1 amide bonds. The minimum Gasteiger partial charge on any atom is -0.395 e. The summed E-state index contributed by atoms with van der Waals surface area (Å²) in [6, 6.07) is 7.34. The van der Waals surface area contributed by atoms with Crippen LogP contribution in [0.2, 0.25) is 0 Å². The molecule has 0 aliphatic rings. The van der Waals surface area contributed by atoms with Gasteiger partial charge in [0.25, 0.3) is 0 Å². The summed E-state index contributed by atoms with van der Waals surface area (Å²) in [4.78, 5) is 25.8. The lowest BCUT2D eigenvalue weighted by molar-refractivity contribution is -0.131. The molecule has 0 unspecified atom stereocenters. The molecule has 0 bridgehead atoms. The highest BCUT2D eigenvalue weighted by molar-refractivity contribution is 5.97. The summed E-state index contributed by atoms with van der Waals surface area (Å²) in [5, 5.41) is 9.03. The van der Waals surface area contributed by atoms with Gasteiger partial charge in [-0.25, -0.2) is 0 Å². The van der Waals surface area contributed by atoms with Crippen LogP contribution < -0.4 is 0 Å². The Morgan fingerprint density at radius 1 is 1.14 bits per heavy atom. The third-order valence-corrected chi connectivity index (χ3v) is 3.44. The van der Waals surface area contributed by atoms with E-state index in [-0.39, 0.29) is 31.1 Å². The largest absolute Gasteiger partial charge is 0.395 e. The van der Waals surface area contributed by atoms with Crippen LogP contribution in [0.4, 0.5) is 0 Å². The van der Waals surface area contributed by atoms with Crippen LogP contribution in [0.15, 0.2) is 24.3 Å². The van der Waals surface area contributed by atoms with Gasteiger partial charge in [0, 0.05) is 45.2 Å². The van der Waals surface area contributed by atoms with Gasteiger partial charge in [-0.15, -0.1) is 0 Å². The number of benzene rings is 1. The minimum atomic E-state index is -0.106. The van der Waals surface area contributed by atoms with Crippen molar-refractivity contribution in [2.75, 3.05) is 33.4 Å². The van der Waals surface area contributed by atoms with E-state index >= 15 is 0 Å². The van der Waals surface area contributed by atoms with E-state index in [4.69, 9.17) is 9.84 Å². The van der Waals surface area contributed by atoms with Crippen molar-refractivity contribution in [3.63, 3.8) is 0 Å². The van der Waals surface area contributed by atoms with Crippen LogP contribution in [0.25, 0.3) is 0 Å². The molecule has 0 saturated heterocycles. The van der Waals surface area contributed by atoms with Gasteiger partial charge in [-0.1, -0.05) is 29.8 Å². The molecule has 0 fully saturated rings. The van der Waals surface area contributed by atoms with Gasteiger partial charge in [-0.2, -0.15) is 0 Å². The molecular formula is C17H25NO4. The second-order valence-electron chi connectivity index (χ2n) is 5.24. The lowest BCUT2D eigenvalue weighted by Gasteiger charge is -2.21. The van der Waals surface area contributed by atoms with E-state index < -0.39 is 0 Å². The molecule has 0 aliphatic heterocycles. The van der Waals surface area contributed by atoms with Crippen molar-refractivity contribution >= 4 is 11.7 Å². The van der Waals surface area contributed by atoms with E-state index in [0.29, 0.717) is 31.7 Å². The number of nitrogens with zero attached hydrogens (tertiary/aromatic N) is 1. The molecule has 1 N–H and O–H groups in total. The fourth-order valence-electron chi connectivity index (χ4n) is 2.14. The van der Waals surface area contributed by atoms with Gasteiger partial charge < -0.3 is 14.7 Å². The van der Waals surface area contributed by atoms with Crippen molar-refractivity contribution in [2.24, 2.45) is 0 Å². The number of methoxy groups -OCH3 is 1. The molecule has 0 aromatic heterocycles. The molecule has 0 atom stereocenters. The number of aliphatic hydroxyl groups excluding tert-OH is 1. The first-order valence-electron chi connectivity index (χ1n) is 7.56. The van der Waals surface area contributed by atoms with E-state index in [1.807, 2.05) is 19.1 Å². The maximum Gasteiger partial charge on any atom is 0.223 e. The SMILES string of the molecule is COCCCN(CCO)C(=O)CCC(=O)c1ccc(C)cc1. The number of hydrogen-bond donors (Lipinski definition) is 1. The minimum absolute atomic E-state index is 0.0332. The van der Waals surface area contributed by atoms with Crippen molar-refractivity contribution in [1.29, 1.82) is 0 Å². The van der Waals surface area contributed by atoms with E-state index in [1.54, 1.807) is 24.1 Å². The van der Waals surface area contributed by atoms with Crippen LogP contribution in [0.3, 0.4) is 0 Å². The summed E-state index contributed by atoms with van der Waals surface area (Å²) in [5.41, 5.74) is 1.73. The Morgan fingerprint density at radius 2 is 1.82 bits per heavy atom. The number of hydrogen-bond acceptors (Lipinski definition) is 4. The second-order valence-corrected chi connectivity index (χ2v) is 5.24. The summed E-state index contributed by atoms with van der Waals surface area (Å²) in [5.74, 6) is -0.139. The van der Waals surface area contributed by atoms with Gasteiger partial charge in [0.05, 0.1) is 6.61 Å². The number of rotatable bonds is 10. The summed E-state index contributed by atoms with van der Waals surface area (Å²) in [7, 11) is 1.61. The van der Waals surface area contributed by atoms with Gasteiger partial charge in [-0.3, -0.25) is 9.59 Å². The quantitative estimate of drug-likeness (QED) is 0.529. The number of ketones is 1. The summed E-state index contributed by atoms with van der Waals surface area (Å²) in [6.07, 6.45) is 1.07. The fraction of sp³-hybridized carbons (Fsp3) is 0.529. The number of carbonyl (C=O) groups is 2. The van der Waals surface area contributed by atoms with Gasteiger partial charge >= 0.3 is 0 Å². The molecule has 122 valence electrons. The highest BCUT2D eigenvalue weighted by atomic mass is 16.5. The number of ether oxygens (including phenoxy) is 1. The zero-order valence-electron chi connectivity index (χ0n) is 13.4. The smallest absolute Gasteiger partial charge is 0.223 e. The number of amides is 1. The van der Waals surface area contributed by atoms with Gasteiger partial charge in [0.15, 0.2) is 5.78 Å². The second kappa shape index (κ2) is 10.1. The van der Waals surface area contributed by atoms with E-state index in [0.717, 1.165) is 5.56 Å². The lowest BCUT2D eigenvalue weighted by Crippen LogP contribution is -2.35. The molecule has 1 rings (SSSR count). The number of aryl methyl sites for hydroxylation is 1. The molecule has 22 heavy (non-hydrogen) atoms. The van der Waals surface area contributed by atoms with E-state index in [1.165, 1.54) is 0 Å². The Morgan fingerprint density at radius 3 is 2.41 bits per heavy atom. The van der Waals surface area contributed by atoms with Gasteiger partial charge in [-0.05, 0) is 13.3 Å². The average Bonchev–Trinajstić information content (AvgIpc) is 2.52. The summed E-state index contributed by atoms with van der Waals surface area (Å²) in [6.45, 7) is 3.28. The maximum absolute atomic E-state index is 12.1. The fourth-order valence-corrected chi connectivity index (χ4v) is 2.14. The normalized spacial score (nSPS) is 10.5. The molecule has 0 radical (unpaired) electrons. The predicted octanol–water partition coefficient (Wildman–Crippen LogP) is 1.82. The first-order valence-corrected chi connectivity index (χ1v) is 7.56. The highest BCUT2D eigenvalue weighted by Gasteiger charge is 2.15. The van der Waals surface area contributed by atoms with Crippen molar-refractivity contribution < 1.29 is 19.4 Å². The van der Waals surface area contributed by atoms with Crippen LogP contribution in [0.5, 0.6) is 0 Å². The molecular weight excluding hydrogens is 282 g/mol. The Balaban J connectivity index is 2.47. The standard InChI is InChI=1S/C17H25NO4/c1-14-4-6-15(7-5-14)16(20)8-9-17(21)18(11-12-19)10-3-13-22-2/h4-7,19H,3,8-13H2,1-2H3. The van der Waals surface area contributed by atoms with Crippen LogP contribution in [0, 0.1) is 6.92 Å². The van der Waals surface area contributed by atoms with Crippen molar-refractivity contribution in [2.45, 2.75) is 26.2 Å². The molecule has 5 nitrogen and oxygen atoms in total. The lowest BCUT2D eigenvalue weighted by atomic mass is 10.0. The Bertz CT molecular complexity index is 470. The zero-order chi connectivity index (χ0) is 16.4. The van der Waals surface area contributed by atoms with Gasteiger partial charge in [0.1, 0.15) is 0 Å². The van der Waals surface area contributed by atoms with Crippen LogP contribution >= 0.6 is 0 Å². The van der Waals surface area contributed by atoms with E-state index in [9.17, 15) is 9.59 Å². The topological polar surface area (TPSA) is 66.8 Å². The van der Waals surface area contributed by atoms with Crippen molar-refractivity contribution in [3.8, 4) is 0 Å².